The fourth-order valence-electron chi connectivity index (χ4n) is 3.65. The van der Waals surface area contributed by atoms with E-state index in [0.717, 1.165) is 36.7 Å². The molecule has 0 spiro atoms. The average molecular weight is 378 g/mol. The Labute approximate surface area is 161 Å². The number of likely N-dealkylation sites (tertiary alicyclic amines) is 1. The van der Waals surface area contributed by atoms with Crippen molar-refractivity contribution in [1.29, 1.82) is 0 Å². The number of halogens is 1. The van der Waals surface area contributed by atoms with Crippen LogP contribution in [0.1, 0.15) is 38.8 Å². The van der Waals surface area contributed by atoms with Crippen molar-refractivity contribution in [3.63, 3.8) is 0 Å². The number of aliphatic imine (C=N–C) groups is 1. The van der Waals surface area contributed by atoms with Gasteiger partial charge in [-0.15, -0.1) is 0 Å². The summed E-state index contributed by atoms with van der Waals surface area (Å²) in [5.74, 6) is 1.70. The lowest BCUT2D eigenvalue weighted by Crippen LogP contribution is -2.46. The minimum absolute atomic E-state index is 0.193. The maximum Gasteiger partial charge on any atom is 0.191 e. The molecule has 0 bridgehead atoms. The number of hydrogen-bond donors (Lipinski definition) is 2. The topological polar surface area (TPSA) is 58.1 Å². The Hall–Kier alpha value is -1.86. The molecule has 1 saturated heterocycles. The van der Waals surface area contributed by atoms with Gasteiger partial charge in [0.2, 0.25) is 0 Å². The number of nitrogens with zero attached hydrogens (tertiary/aromatic N) is 2. The molecule has 0 aromatic heterocycles. The summed E-state index contributed by atoms with van der Waals surface area (Å²) in [6, 6.07) is 3.84. The van der Waals surface area contributed by atoms with E-state index in [4.69, 9.17) is 9.47 Å². The van der Waals surface area contributed by atoms with Crippen LogP contribution in [-0.4, -0.2) is 49.4 Å². The van der Waals surface area contributed by atoms with Crippen LogP contribution in [0.4, 0.5) is 4.39 Å². The summed E-state index contributed by atoms with van der Waals surface area (Å²) in [6.07, 6.45) is 0. The van der Waals surface area contributed by atoms with Crippen LogP contribution in [-0.2, 0) is 17.9 Å². The van der Waals surface area contributed by atoms with Gasteiger partial charge in [-0.3, -0.25) is 4.90 Å². The first-order chi connectivity index (χ1) is 13.0. The molecule has 1 aromatic carbocycles. The van der Waals surface area contributed by atoms with Gasteiger partial charge in [-0.25, -0.2) is 9.38 Å². The van der Waals surface area contributed by atoms with Crippen molar-refractivity contribution < 1.29 is 13.9 Å². The van der Waals surface area contributed by atoms with Crippen LogP contribution in [0.5, 0.6) is 5.75 Å². The molecule has 0 radical (unpaired) electrons. The summed E-state index contributed by atoms with van der Waals surface area (Å²) < 4.78 is 24.8. The number of benzene rings is 1. The Morgan fingerprint density at radius 2 is 2.19 bits per heavy atom. The van der Waals surface area contributed by atoms with Crippen molar-refractivity contribution in [2.24, 2.45) is 10.9 Å². The molecule has 0 saturated carbocycles. The third-order valence-electron chi connectivity index (χ3n) is 5.20. The number of hydrogen-bond acceptors (Lipinski definition) is 4. The molecule has 2 N–H and O–H groups in total. The zero-order chi connectivity index (χ0) is 19.4. The molecular weight excluding hydrogens is 347 g/mol. The number of rotatable bonds is 5. The van der Waals surface area contributed by atoms with E-state index in [1.165, 1.54) is 12.1 Å². The normalized spacial score (nSPS) is 23.3. The molecule has 2 unspecified atom stereocenters. The molecule has 2 aliphatic rings. The number of ether oxygens (including phenoxy) is 2. The highest BCUT2D eigenvalue weighted by atomic mass is 19.1. The Morgan fingerprint density at radius 1 is 1.37 bits per heavy atom. The Bertz CT molecular complexity index is 680. The summed E-state index contributed by atoms with van der Waals surface area (Å²) in [5.41, 5.74) is 1.48. The molecule has 7 heteroatoms. The van der Waals surface area contributed by atoms with Crippen LogP contribution in [0.2, 0.25) is 0 Å². The number of fused-ring (bicyclic) bond motifs is 1. The lowest BCUT2D eigenvalue weighted by Gasteiger charge is -2.22. The third kappa shape index (κ3) is 4.90. The van der Waals surface area contributed by atoms with E-state index in [0.29, 0.717) is 36.9 Å². The minimum Gasteiger partial charge on any atom is -0.467 e. The monoisotopic (exact) mass is 378 g/mol. The van der Waals surface area contributed by atoms with Crippen molar-refractivity contribution >= 4 is 5.96 Å². The molecule has 0 aliphatic carbocycles. The van der Waals surface area contributed by atoms with E-state index in [-0.39, 0.29) is 12.6 Å². The van der Waals surface area contributed by atoms with Crippen molar-refractivity contribution in [3.8, 4) is 5.75 Å². The predicted octanol–water partition coefficient (Wildman–Crippen LogP) is 2.48. The highest BCUT2D eigenvalue weighted by Gasteiger charge is 2.31. The van der Waals surface area contributed by atoms with E-state index < -0.39 is 0 Å². The van der Waals surface area contributed by atoms with Crippen LogP contribution in [0.15, 0.2) is 17.1 Å². The van der Waals surface area contributed by atoms with Gasteiger partial charge in [0.15, 0.2) is 12.8 Å². The van der Waals surface area contributed by atoms with Crippen LogP contribution in [0, 0.1) is 11.7 Å². The number of guanidine groups is 1. The molecule has 1 fully saturated rings. The molecule has 27 heavy (non-hydrogen) atoms. The number of nitrogens with one attached hydrogen (secondary N) is 2. The molecule has 2 atom stereocenters. The van der Waals surface area contributed by atoms with E-state index in [2.05, 4.69) is 41.3 Å². The lowest BCUT2D eigenvalue weighted by molar-refractivity contribution is -0.0172. The molecule has 2 aliphatic heterocycles. The smallest absolute Gasteiger partial charge is 0.191 e. The van der Waals surface area contributed by atoms with E-state index in [1.807, 2.05) is 6.92 Å². The van der Waals surface area contributed by atoms with Gasteiger partial charge >= 0.3 is 0 Å². The fourth-order valence-corrected chi connectivity index (χ4v) is 3.65. The minimum atomic E-state index is -0.289. The molecular formula is C20H31FN4O2. The highest BCUT2D eigenvalue weighted by Crippen LogP contribution is 2.30. The second-order valence-electron chi connectivity index (χ2n) is 7.63. The second-order valence-corrected chi connectivity index (χ2v) is 7.63. The van der Waals surface area contributed by atoms with Crippen LogP contribution >= 0.6 is 0 Å². The SMILES string of the molecule is CCNC(=NCc1cc(F)cc2c1OCOC2)NC1CN(C(C)C)CC1C. The summed E-state index contributed by atoms with van der Waals surface area (Å²) in [6.45, 7) is 12.5. The summed E-state index contributed by atoms with van der Waals surface area (Å²) in [7, 11) is 0. The Kier molecular flexibility index (Phi) is 6.55. The summed E-state index contributed by atoms with van der Waals surface area (Å²) in [4.78, 5) is 7.16. The van der Waals surface area contributed by atoms with Gasteiger partial charge in [-0.2, -0.15) is 0 Å². The second kappa shape index (κ2) is 8.89. The molecule has 150 valence electrons. The first-order valence-electron chi connectivity index (χ1n) is 9.78. The fraction of sp³-hybridized carbons (Fsp3) is 0.650. The van der Waals surface area contributed by atoms with E-state index in [9.17, 15) is 4.39 Å². The summed E-state index contributed by atoms with van der Waals surface area (Å²) in [5, 5.41) is 6.85. The third-order valence-corrected chi connectivity index (χ3v) is 5.20. The Morgan fingerprint density at radius 3 is 2.89 bits per heavy atom. The van der Waals surface area contributed by atoms with E-state index >= 15 is 0 Å². The van der Waals surface area contributed by atoms with Crippen LogP contribution < -0.4 is 15.4 Å². The molecule has 6 nitrogen and oxygen atoms in total. The zero-order valence-electron chi connectivity index (χ0n) is 16.7. The average Bonchev–Trinajstić information content (AvgIpc) is 3.00. The molecule has 0 amide bonds. The molecule has 1 aromatic rings. The quantitative estimate of drug-likeness (QED) is 0.609. The van der Waals surface area contributed by atoms with Crippen molar-refractivity contribution in [2.45, 2.75) is 52.9 Å². The van der Waals surface area contributed by atoms with Gasteiger partial charge in [-0.05, 0) is 38.8 Å². The largest absolute Gasteiger partial charge is 0.467 e. The van der Waals surface area contributed by atoms with Gasteiger partial charge in [0.1, 0.15) is 11.6 Å². The van der Waals surface area contributed by atoms with Crippen LogP contribution in [0.3, 0.4) is 0 Å². The van der Waals surface area contributed by atoms with Crippen molar-refractivity contribution in [2.75, 3.05) is 26.4 Å². The van der Waals surface area contributed by atoms with Gasteiger partial charge in [0.25, 0.3) is 0 Å². The first-order valence-corrected chi connectivity index (χ1v) is 9.78. The highest BCUT2D eigenvalue weighted by molar-refractivity contribution is 5.80. The van der Waals surface area contributed by atoms with Gasteiger partial charge in [0, 0.05) is 42.8 Å². The predicted molar refractivity (Wildman–Crippen MR) is 104 cm³/mol. The Balaban J connectivity index is 1.72. The zero-order valence-corrected chi connectivity index (χ0v) is 16.7. The summed E-state index contributed by atoms with van der Waals surface area (Å²) >= 11 is 0. The van der Waals surface area contributed by atoms with Gasteiger partial charge < -0.3 is 20.1 Å². The maximum atomic E-state index is 13.9. The first kappa shape index (κ1) is 19.9. The maximum absolute atomic E-state index is 13.9. The van der Waals surface area contributed by atoms with Crippen LogP contribution in [0.25, 0.3) is 0 Å². The molecule has 2 heterocycles. The van der Waals surface area contributed by atoms with Gasteiger partial charge in [-0.1, -0.05) is 6.92 Å². The van der Waals surface area contributed by atoms with Crippen molar-refractivity contribution in [1.82, 2.24) is 15.5 Å². The van der Waals surface area contributed by atoms with Crippen molar-refractivity contribution in [3.05, 3.63) is 29.1 Å². The standard InChI is InChI=1S/C20H31FN4O2/c1-5-22-20(24-18-10-25(13(2)3)9-14(18)4)23-8-15-6-17(21)7-16-11-26-12-27-19(15)16/h6-7,13-14,18H,5,8-12H2,1-4H3,(H2,22,23,24). The van der Waals surface area contributed by atoms with Gasteiger partial charge in [0.05, 0.1) is 13.2 Å². The molecule has 3 rings (SSSR count). The van der Waals surface area contributed by atoms with E-state index in [1.54, 1.807) is 0 Å². The lowest BCUT2D eigenvalue weighted by atomic mass is 10.1.